The van der Waals surface area contributed by atoms with Crippen molar-refractivity contribution >= 4 is 17.7 Å². The Morgan fingerprint density at radius 2 is 1.50 bits per heavy atom. The van der Waals surface area contributed by atoms with Crippen LogP contribution in [0.4, 0.5) is 13.2 Å². The van der Waals surface area contributed by atoms with Gasteiger partial charge in [0.2, 0.25) is 0 Å². The van der Waals surface area contributed by atoms with Crippen LogP contribution >= 0.6 is 0 Å². The van der Waals surface area contributed by atoms with Crippen LogP contribution < -0.4 is 0 Å². The van der Waals surface area contributed by atoms with E-state index in [0.717, 1.165) is 17.0 Å². The number of hydroxylamine groups is 2. The Kier molecular flexibility index (Phi) is 6.41. The smallest absolute Gasteiger partial charge is 0.342 e. The molecule has 0 aromatic heterocycles. The number of alkyl halides is 3. The van der Waals surface area contributed by atoms with Gasteiger partial charge < -0.3 is 9.57 Å². The molecule has 0 fully saturated rings. The van der Waals surface area contributed by atoms with Gasteiger partial charge in [-0.3, -0.25) is 24.5 Å². The van der Waals surface area contributed by atoms with Crippen molar-refractivity contribution in [2.24, 2.45) is 0 Å². The third-order valence-corrected chi connectivity index (χ3v) is 5.94. The lowest BCUT2D eigenvalue weighted by molar-refractivity contribution is -0.769. The fraction of sp³-hybridized carbons (Fsp3) is 0.318. The zero-order valence-corrected chi connectivity index (χ0v) is 18.3. The second-order valence-electron chi connectivity index (χ2n) is 7.99. The minimum Gasteiger partial charge on any atom is -0.342 e. The first-order valence-corrected chi connectivity index (χ1v) is 10.6. The fourth-order valence-corrected chi connectivity index (χ4v) is 4.25. The van der Waals surface area contributed by atoms with E-state index < -0.39 is 70.0 Å². The predicted octanol–water partition coefficient (Wildman–Crippen LogP) is 2.92. The average molecular weight is 509 g/mol. The van der Waals surface area contributed by atoms with Gasteiger partial charge in [-0.1, -0.05) is 30.3 Å². The minimum absolute atomic E-state index is 0.164. The molecule has 2 aliphatic heterocycles. The van der Waals surface area contributed by atoms with Crippen molar-refractivity contribution in [1.82, 2.24) is 9.96 Å². The fourth-order valence-electron chi connectivity index (χ4n) is 4.25. The normalized spacial score (nSPS) is 19.9. The highest BCUT2D eigenvalue weighted by atomic mass is 19.4. The Labute approximate surface area is 200 Å². The Bertz CT molecular complexity index is 1200. The lowest BCUT2D eigenvalue weighted by atomic mass is 10.0. The molecular formula is C22H18F3N3O8. The molecule has 14 heteroatoms. The summed E-state index contributed by atoms with van der Waals surface area (Å²) in [5, 5.41) is 19.3. The van der Waals surface area contributed by atoms with Crippen LogP contribution in [0.5, 0.6) is 0 Å². The summed E-state index contributed by atoms with van der Waals surface area (Å²) in [6.45, 7) is -1.14. The van der Waals surface area contributed by atoms with Crippen molar-refractivity contribution in [3.05, 3.63) is 80.9 Å². The van der Waals surface area contributed by atoms with Gasteiger partial charge in [0.05, 0.1) is 23.3 Å². The number of hydrogen-bond donors (Lipinski definition) is 1. The summed E-state index contributed by atoms with van der Waals surface area (Å²) in [4.78, 5) is 53.5. The van der Waals surface area contributed by atoms with Crippen LogP contribution in [0.2, 0.25) is 0 Å². The Balaban J connectivity index is 1.48. The third-order valence-electron chi connectivity index (χ3n) is 5.94. The number of hydrogen-bond acceptors (Lipinski definition) is 8. The zero-order valence-electron chi connectivity index (χ0n) is 18.3. The van der Waals surface area contributed by atoms with Crippen LogP contribution in [0.15, 0.2) is 48.5 Å². The summed E-state index contributed by atoms with van der Waals surface area (Å²) >= 11 is 0. The maximum atomic E-state index is 14.1. The van der Waals surface area contributed by atoms with Crippen molar-refractivity contribution in [2.75, 3.05) is 13.2 Å². The van der Waals surface area contributed by atoms with Gasteiger partial charge in [0.25, 0.3) is 28.5 Å². The van der Waals surface area contributed by atoms with E-state index >= 15 is 0 Å². The number of ether oxygens (including phenoxy) is 1. The molecule has 2 heterocycles. The molecule has 0 saturated heterocycles. The zero-order chi connectivity index (χ0) is 26.3. The molecule has 0 aliphatic carbocycles. The molecule has 11 nitrogen and oxygen atoms in total. The minimum atomic E-state index is -5.27. The largest absolute Gasteiger partial charge is 0.443 e. The first-order valence-electron chi connectivity index (χ1n) is 10.6. The summed E-state index contributed by atoms with van der Waals surface area (Å²) in [6.07, 6.45) is -7.42. The van der Waals surface area contributed by atoms with Gasteiger partial charge >= 0.3 is 6.18 Å². The molecule has 2 unspecified atom stereocenters. The van der Waals surface area contributed by atoms with E-state index in [4.69, 9.17) is 4.74 Å². The standard InChI is InChI=1S/C22H18F3N3O8/c23-22(24,25)21(17-8-4-3-7-16(17)20(31)27(21)32)35-12-10-13(36-28(33)34)9-11-26-18(29)14-5-1-2-6-15(14)19(26)30/h1-8,13,32H,9-12H2. The Morgan fingerprint density at radius 3 is 2.06 bits per heavy atom. The monoisotopic (exact) mass is 509 g/mol. The first kappa shape index (κ1) is 25.1. The van der Waals surface area contributed by atoms with Crippen molar-refractivity contribution in [3.63, 3.8) is 0 Å². The summed E-state index contributed by atoms with van der Waals surface area (Å²) < 4.78 is 47.4. The molecule has 4 rings (SSSR count). The van der Waals surface area contributed by atoms with Gasteiger partial charge in [0, 0.05) is 12.1 Å². The molecule has 2 aromatic rings. The molecule has 36 heavy (non-hydrogen) atoms. The number of carbonyl (C=O) groups is 3. The molecule has 0 bridgehead atoms. The lowest BCUT2D eigenvalue weighted by Gasteiger charge is -2.36. The Hall–Kier alpha value is -4.04. The molecule has 190 valence electrons. The third kappa shape index (κ3) is 4.03. The number of benzene rings is 2. The number of nitrogens with zero attached hydrogens (tertiary/aromatic N) is 3. The molecule has 1 N–H and O–H groups in total. The summed E-state index contributed by atoms with van der Waals surface area (Å²) in [6, 6.07) is 10.7. The van der Waals surface area contributed by atoms with Crippen LogP contribution in [-0.2, 0) is 15.3 Å². The van der Waals surface area contributed by atoms with Crippen LogP contribution in [0, 0.1) is 10.1 Å². The van der Waals surface area contributed by atoms with Crippen molar-refractivity contribution < 1.29 is 47.4 Å². The number of rotatable bonds is 9. The second-order valence-corrected chi connectivity index (χ2v) is 7.99. The van der Waals surface area contributed by atoms with Crippen LogP contribution in [0.3, 0.4) is 0 Å². The van der Waals surface area contributed by atoms with E-state index in [2.05, 4.69) is 4.84 Å². The van der Waals surface area contributed by atoms with Crippen molar-refractivity contribution in [2.45, 2.75) is 30.8 Å². The van der Waals surface area contributed by atoms with Gasteiger partial charge in [0.15, 0.2) is 0 Å². The summed E-state index contributed by atoms with van der Waals surface area (Å²) in [5.74, 6) is -2.55. The van der Waals surface area contributed by atoms with Crippen LogP contribution in [-0.4, -0.2) is 63.4 Å². The molecule has 2 aromatic carbocycles. The van der Waals surface area contributed by atoms with Crippen molar-refractivity contribution in [3.8, 4) is 0 Å². The summed E-state index contributed by atoms with van der Waals surface area (Å²) in [7, 11) is 0. The van der Waals surface area contributed by atoms with Gasteiger partial charge in [-0.05, 0) is 31.0 Å². The SMILES string of the molecule is O=C1c2ccccc2C(=O)N1CCC(CCOC1(C(F)(F)F)c2ccccc2C(=O)N1O)O[N+](=O)[O-]. The first-order chi connectivity index (χ1) is 17.0. The number of imide groups is 1. The van der Waals surface area contributed by atoms with Gasteiger partial charge in [-0.2, -0.15) is 18.2 Å². The van der Waals surface area contributed by atoms with E-state index in [-0.39, 0.29) is 24.1 Å². The molecule has 0 saturated carbocycles. The average Bonchev–Trinajstić information content (AvgIpc) is 3.20. The molecular weight excluding hydrogens is 491 g/mol. The highest BCUT2D eigenvalue weighted by Crippen LogP contribution is 2.50. The number of carbonyl (C=O) groups excluding carboxylic acids is 3. The number of halogens is 3. The van der Waals surface area contributed by atoms with E-state index in [1.54, 1.807) is 12.1 Å². The lowest BCUT2D eigenvalue weighted by Crippen LogP contribution is -2.55. The van der Waals surface area contributed by atoms with E-state index in [0.29, 0.717) is 0 Å². The quantitative estimate of drug-likeness (QED) is 0.236. The molecule has 3 amide bonds. The molecule has 0 spiro atoms. The van der Waals surface area contributed by atoms with Crippen molar-refractivity contribution in [1.29, 1.82) is 0 Å². The summed E-state index contributed by atoms with van der Waals surface area (Å²) in [5.41, 5.74) is -4.25. The van der Waals surface area contributed by atoms with Crippen LogP contribution in [0.25, 0.3) is 0 Å². The van der Waals surface area contributed by atoms with E-state index in [1.165, 1.54) is 24.3 Å². The maximum absolute atomic E-state index is 14.1. The van der Waals surface area contributed by atoms with Gasteiger partial charge in [-0.15, -0.1) is 10.1 Å². The van der Waals surface area contributed by atoms with E-state index in [9.17, 15) is 42.9 Å². The molecule has 2 atom stereocenters. The Morgan fingerprint density at radius 1 is 0.944 bits per heavy atom. The highest BCUT2D eigenvalue weighted by molar-refractivity contribution is 6.21. The maximum Gasteiger partial charge on any atom is 0.443 e. The van der Waals surface area contributed by atoms with Gasteiger partial charge in [0.1, 0.15) is 6.10 Å². The highest BCUT2D eigenvalue weighted by Gasteiger charge is 2.68. The molecule has 0 radical (unpaired) electrons. The number of amides is 3. The predicted molar refractivity (Wildman–Crippen MR) is 111 cm³/mol. The molecule has 2 aliphatic rings. The van der Waals surface area contributed by atoms with Gasteiger partial charge in [-0.25, -0.2) is 0 Å². The second kappa shape index (κ2) is 9.20. The van der Waals surface area contributed by atoms with E-state index in [1.807, 2.05) is 0 Å². The van der Waals surface area contributed by atoms with Crippen LogP contribution in [0.1, 0.15) is 49.5 Å². The topological polar surface area (TPSA) is 140 Å². The number of fused-ring (bicyclic) bond motifs is 2.